The first-order valence-electron chi connectivity index (χ1n) is 10.0. The zero-order chi connectivity index (χ0) is 21.1. The van der Waals surface area contributed by atoms with E-state index in [1.165, 1.54) is 0 Å². The Morgan fingerprint density at radius 3 is 2.77 bits per heavy atom. The second-order valence-electron chi connectivity index (χ2n) is 7.39. The summed E-state index contributed by atoms with van der Waals surface area (Å²) in [5, 5.41) is 23.8. The van der Waals surface area contributed by atoms with E-state index in [1.807, 2.05) is 43.5 Å². The van der Waals surface area contributed by atoms with Crippen LogP contribution in [0.3, 0.4) is 0 Å². The van der Waals surface area contributed by atoms with E-state index in [4.69, 9.17) is 5.11 Å². The number of benzene rings is 1. The molecular formula is C23H24N4O3. The van der Waals surface area contributed by atoms with Crippen molar-refractivity contribution >= 4 is 28.7 Å². The molecule has 3 heterocycles. The Balaban J connectivity index is 1.70. The summed E-state index contributed by atoms with van der Waals surface area (Å²) in [7, 11) is 0. The van der Waals surface area contributed by atoms with Gasteiger partial charge in [-0.05, 0) is 48.7 Å². The number of aliphatic hydroxyl groups is 1. The molecule has 7 nitrogen and oxygen atoms in total. The van der Waals surface area contributed by atoms with E-state index in [0.717, 1.165) is 41.5 Å². The molecule has 1 unspecified atom stereocenters. The van der Waals surface area contributed by atoms with Crippen LogP contribution in [0.4, 0.5) is 0 Å². The number of pyridine rings is 1. The largest absolute Gasteiger partial charge is 0.508 e. The van der Waals surface area contributed by atoms with Crippen molar-refractivity contribution in [1.29, 1.82) is 0 Å². The normalized spacial score (nSPS) is 16.1. The fourth-order valence-corrected chi connectivity index (χ4v) is 3.72. The number of hydrogen-bond acceptors (Lipinski definition) is 5. The number of nitrogens with zero attached hydrogens (tertiary/aromatic N) is 3. The molecular weight excluding hydrogens is 380 g/mol. The minimum atomic E-state index is -0.235. The van der Waals surface area contributed by atoms with E-state index in [0.29, 0.717) is 11.3 Å². The van der Waals surface area contributed by atoms with Gasteiger partial charge in [0.2, 0.25) is 0 Å². The summed E-state index contributed by atoms with van der Waals surface area (Å²) < 4.78 is 2.06. The molecule has 0 radical (unpaired) electrons. The summed E-state index contributed by atoms with van der Waals surface area (Å²) in [6.07, 6.45) is 7.19. The van der Waals surface area contributed by atoms with Crippen LogP contribution < -0.4 is 5.43 Å². The lowest BCUT2D eigenvalue weighted by molar-refractivity contribution is -0.116. The van der Waals surface area contributed by atoms with Gasteiger partial charge in [0.25, 0.3) is 5.91 Å². The van der Waals surface area contributed by atoms with E-state index in [1.54, 1.807) is 18.3 Å². The van der Waals surface area contributed by atoms with Gasteiger partial charge in [0.05, 0.1) is 11.3 Å². The minimum absolute atomic E-state index is 0.119. The Hall–Kier alpha value is -3.45. The molecule has 1 aliphatic heterocycles. The summed E-state index contributed by atoms with van der Waals surface area (Å²) >= 11 is 0. The first-order valence-corrected chi connectivity index (χ1v) is 10.0. The van der Waals surface area contributed by atoms with Gasteiger partial charge < -0.3 is 14.8 Å². The lowest BCUT2D eigenvalue weighted by atomic mass is 9.90. The number of phenolic OH excluding ortho intramolecular Hbond substituents is 1. The van der Waals surface area contributed by atoms with Crippen LogP contribution >= 0.6 is 0 Å². The third kappa shape index (κ3) is 3.84. The summed E-state index contributed by atoms with van der Waals surface area (Å²) in [6.45, 7) is 2.89. The van der Waals surface area contributed by atoms with E-state index >= 15 is 0 Å². The van der Waals surface area contributed by atoms with Crippen LogP contribution in [-0.4, -0.2) is 38.0 Å². The summed E-state index contributed by atoms with van der Waals surface area (Å²) in [5.74, 6) is -0.154. The van der Waals surface area contributed by atoms with Crippen molar-refractivity contribution in [2.75, 3.05) is 6.61 Å². The first-order chi connectivity index (χ1) is 14.6. The molecule has 1 aromatic carbocycles. The van der Waals surface area contributed by atoms with Gasteiger partial charge in [-0.2, -0.15) is 5.10 Å². The maximum atomic E-state index is 12.5. The van der Waals surface area contributed by atoms with E-state index < -0.39 is 0 Å². The van der Waals surface area contributed by atoms with Crippen LogP contribution in [0, 0.1) is 0 Å². The molecule has 2 aromatic heterocycles. The number of aliphatic hydroxyl groups excluding tert-OH is 1. The predicted molar refractivity (Wildman–Crippen MR) is 116 cm³/mol. The van der Waals surface area contributed by atoms with Crippen LogP contribution in [0.15, 0.2) is 59.5 Å². The number of fused-ring (bicyclic) bond motifs is 1. The maximum absolute atomic E-state index is 12.5. The fraction of sp³-hybridized carbons (Fsp3) is 0.261. The smallest absolute Gasteiger partial charge is 0.273 e. The van der Waals surface area contributed by atoms with Gasteiger partial charge in [-0.15, -0.1) is 0 Å². The number of aryl methyl sites for hydroxylation is 1. The predicted octanol–water partition coefficient (Wildman–Crippen LogP) is 3.19. The number of carbonyl (C=O) groups excluding carboxylic acids is 1. The second kappa shape index (κ2) is 8.51. The molecule has 30 heavy (non-hydrogen) atoms. The van der Waals surface area contributed by atoms with Gasteiger partial charge in [0.15, 0.2) is 0 Å². The number of nitrogens with one attached hydrogen (secondary N) is 1. The summed E-state index contributed by atoms with van der Waals surface area (Å²) in [4.78, 5) is 17.0. The number of carbonyl (C=O) groups is 1. The molecule has 0 bridgehead atoms. The Morgan fingerprint density at radius 1 is 1.20 bits per heavy atom. The third-order valence-corrected chi connectivity index (χ3v) is 5.37. The zero-order valence-electron chi connectivity index (χ0n) is 16.7. The van der Waals surface area contributed by atoms with Crippen LogP contribution in [0.5, 0.6) is 5.75 Å². The topological polar surface area (TPSA) is 99.7 Å². The number of hydrazone groups is 1. The molecule has 0 fully saturated rings. The highest BCUT2D eigenvalue weighted by Crippen LogP contribution is 2.28. The molecule has 1 aliphatic rings. The summed E-state index contributed by atoms with van der Waals surface area (Å²) in [6, 6.07) is 10.8. The van der Waals surface area contributed by atoms with E-state index in [2.05, 4.69) is 20.1 Å². The van der Waals surface area contributed by atoms with Crippen LogP contribution in [0.1, 0.15) is 36.8 Å². The Morgan fingerprint density at radius 2 is 2.00 bits per heavy atom. The van der Waals surface area contributed by atoms with Crippen molar-refractivity contribution in [2.24, 2.45) is 5.10 Å². The van der Waals surface area contributed by atoms with E-state index in [-0.39, 0.29) is 24.2 Å². The number of amides is 1. The molecule has 154 valence electrons. The Bertz CT molecular complexity index is 1130. The number of aromatic nitrogens is 2. The SMILES string of the molecule is CC(C1=NNC(=O)/C1=C/c1cn(CCCCO)c2ncccc12)c1ccc(O)cc1. The molecule has 0 saturated carbocycles. The molecule has 1 amide bonds. The van der Waals surface area contributed by atoms with Crippen molar-refractivity contribution in [2.45, 2.75) is 32.2 Å². The molecule has 0 spiro atoms. The molecule has 0 aliphatic carbocycles. The van der Waals surface area contributed by atoms with Gasteiger partial charge in [0.1, 0.15) is 11.4 Å². The Kier molecular flexibility index (Phi) is 5.63. The number of unbranched alkanes of at least 4 members (excludes halogenated alkanes) is 1. The highest BCUT2D eigenvalue weighted by molar-refractivity contribution is 6.29. The van der Waals surface area contributed by atoms with Gasteiger partial charge in [0, 0.05) is 42.4 Å². The molecule has 4 rings (SSSR count). The van der Waals surface area contributed by atoms with Gasteiger partial charge in [-0.3, -0.25) is 4.79 Å². The first kappa shape index (κ1) is 19.8. The zero-order valence-corrected chi connectivity index (χ0v) is 16.7. The molecule has 3 N–H and O–H groups in total. The fourth-order valence-electron chi connectivity index (χ4n) is 3.72. The lowest BCUT2D eigenvalue weighted by Crippen LogP contribution is -2.15. The Labute approximate surface area is 174 Å². The van der Waals surface area contributed by atoms with Crippen LogP contribution in [-0.2, 0) is 11.3 Å². The highest BCUT2D eigenvalue weighted by Gasteiger charge is 2.28. The molecule has 0 saturated heterocycles. The summed E-state index contributed by atoms with van der Waals surface area (Å²) in [5.41, 5.74) is 6.48. The lowest BCUT2D eigenvalue weighted by Gasteiger charge is -2.12. The average Bonchev–Trinajstić information content (AvgIpc) is 3.30. The number of rotatable bonds is 7. The van der Waals surface area contributed by atoms with Crippen molar-refractivity contribution in [3.8, 4) is 5.75 Å². The average molecular weight is 404 g/mol. The second-order valence-corrected chi connectivity index (χ2v) is 7.39. The van der Waals surface area contributed by atoms with Crippen LogP contribution in [0.2, 0.25) is 0 Å². The highest BCUT2D eigenvalue weighted by atomic mass is 16.3. The number of aromatic hydroxyl groups is 1. The van der Waals surface area contributed by atoms with Crippen molar-refractivity contribution < 1.29 is 15.0 Å². The molecule has 3 aromatic rings. The third-order valence-electron chi connectivity index (χ3n) is 5.37. The quantitative estimate of drug-likeness (QED) is 0.416. The van der Waals surface area contributed by atoms with Gasteiger partial charge in [-0.25, -0.2) is 10.4 Å². The maximum Gasteiger partial charge on any atom is 0.273 e. The van der Waals surface area contributed by atoms with E-state index in [9.17, 15) is 9.90 Å². The van der Waals surface area contributed by atoms with Gasteiger partial charge in [-0.1, -0.05) is 19.1 Å². The van der Waals surface area contributed by atoms with Crippen LogP contribution in [0.25, 0.3) is 17.1 Å². The minimum Gasteiger partial charge on any atom is -0.508 e. The van der Waals surface area contributed by atoms with Crippen molar-refractivity contribution in [1.82, 2.24) is 15.0 Å². The standard InChI is InChI=1S/C23H24N4O3/c1-15(16-6-8-18(29)9-7-16)21-20(23(30)26-25-21)13-17-14-27(11-2-3-12-28)22-19(17)5-4-10-24-22/h4-10,13-15,28-29H,2-3,11-12H2,1H3,(H,26,30)/b20-13+. The number of hydrogen-bond donors (Lipinski definition) is 3. The monoisotopic (exact) mass is 404 g/mol. The van der Waals surface area contributed by atoms with Crippen molar-refractivity contribution in [3.63, 3.8) is 0 Å². The molecule has 1 atom stereocenters. The van der Waals surface area contributed by atoms with Gasteiger partial charge >= 0.3 is 0 Å². The molecule has 7 heteroatoms. The van der Waals surface area contributed by atoms with Crippen molar-refractivity contribution in [3.05, 3.63) is 65.5 Å². The number of phenols is 1.